The van der Waals surface area contributed by atoms with Crippen LogP contribution in [0, 0.1) is 0 Å². The van der Waals surface area contributed by atoms with Crippen molar-refractivity contribution in [1.29, 1.82) is 0 Å². The summed E-state index contributed by atoms with van der Waals surface area (Å²) >= 11 is 0. The van der Waals surface area contributed by atoms with Crippen molar-refractivity contribution in [2.45, 2.75) is 12.3 Å². The van der Waals surface area contributed by atoms with Crippen LogP contribution >= 0.6 is 0 Å². The van der Waals surface area contributed by atoms with Crippen LogP contribution in [0.25, 0.3) is 11.4 Å². The van der Waals surface area contributed by atoms with E-state index in [0.717, 1.165) is 17.0 Å². The van der Waals surface area contributed by atoms with E-state index >= 15 is 0 Å². The molecule has 1 aromatic heterocycles. The molecule has 0 saturated carbocycles. The van der Waals surface area contributed by atoms with E-state index in [1.54, 1.807) is 12.0 Å². The first-order valence-electron chi connectivity index (χ1n) is 8.89. The summed E-state index contributed by atoms with van der Waals surface area (Å²) in [5, 5.41) is 4.07. The summed E-state index contributed by atoms with van der Waals surface area (Å²) in [4.78, 5) is 18.7. The van der Waals surface area contributed by atoms with E-state index < -0.39 is 0 Å². The molecule has 1 fully saturated rings. The number of amides is 1. The predicted octanol–water partition coefficient (Wildman–Crippen LogP) is 2.99. The number of hydrogen-bond donors (Lipinski definition) is 0. The van der Waals surface area contributed by atoms with E-state index in [-0.39, 0.29) is 18.6 Å². The van der Waals surface area contributed by atoms with Crippen LogP contribution in [0.15, 0.2) is 47.0 Å². The maximum Gasteiger partial charge on any atom is 0.232 e. The highest BCUT2D eigenvalue weighted by Gasteiger charge is 2.35. The number of rotatable bonds is 4. The maximum atomic E-state index is 12.5. The van der Waals surface area contributed by atoms with Gasteiger partial charge in [0, 0.05) is 24.2 Å². The van der Waals surface area contributed by atoms with E-state index in [9.17, 15) is 4.79 Å². The topological polar surface area (TPSA) is 86.9 Å². The van der Waals surface area contributed by atoms with E-state index in [1.807, 2.05) is 42.5 Å². The zero-order valence-corrected chi connectivity index (χ0v) is 15.1. The molecule has 0 aliphatic carbocycles. The average molecular weight is 379 g/mol. The number of anilines is 1. The van der Waals surface area contributed by atoms with Gasteiger partial charge in [0.25, 0.3) is 0 Å². The highest BCUT2D eigenvalue weighted by Crippen LogP contribution is 2.36. The molecular formula is C20H17N3O5. The Kier molecular flexibility index (Phi) is 3.89. The van der Waals surface area contributed by atoms with Crippen molar-refractivity contribution < 1.29 is 23.5 Å². The number of nitrogens with zero attached hydrogens (tertiary/aromatic N) is 3. The van der Waals surface area contributed by atoms with Crippen LogP contribution < -0.4 is 19.1 Å². The lowest BCUT2D eigenvalue weighted by Gasteiger charge is -2.16. The van der Waals surface area contributed by atoms with Crippen LogP contribution in [0.4, 0.5) is 5.69 Å². The summed E-state index contributed by atoms with van der Waals surface area (Å²) in [5.41, 5.74) is 1.60. The normalized spacial score (nSPS) is 18.0. The fraction of sp³-hybridized carbons (Fsp3) is 0.250. The fourth-order valence-electron chi connectivity index (χ4n) is 3.44. The van der Waals surface area contributed by atoms with Gasteiger partial charge in [0.2, 0.25) is 24.4 Å². The molecular weight excluding hydrogens is 362 g/mol. The van der Waals surface area contributed by atoms with E-state index in [2.05, 4.69) is 10.1 Å². The Bertz CT molecular complexity index is 1030. The van der Waals surface area contributed by atoms with Gasteiger partial charge in [-0.2, -0.15) is 4.98 Å². The first kappa shape index (κ1) is 16.6. The lowest BCUT2D eigenvalue weighted by molar-refractivity contribution is -0.117. The van der Waals surface area contributed by atoms with Gasteiger partial charge in [-0.1, -0.05) is 5.16 Å². The molecule has 1 saturated heterocycles. The molecule has 0 bridgehead atoms. The number of carbonyl (C=O) groups is 1. The molecule has 3 aromatic rings. The molecule has 28 heavy (non-hydrogen) atoms. The predicted molar refractivity (Wildman–Crippen MR) is 98.6 cm³/mol. The monoisotopic (exact) mass is 379 g/mol. The molecule has 1 atom stereocenters. The molecule has 2 aliphatic rings. The second-order valence-corrected chi connectivity index (χ2v) is 6.63. The SMILES string of the molecule is COc1ccc(N2C[C@@H](c3nc(-c4ccc5c(c4)OCO5)no3)CC2=O)cc1. The van der Waals surface area contributed by atoms with Crippen LogP contribution in [-0.2, 0) is 4.79 Å². The molecule has 0 radical (unpaired) electrons. The summed E-state index contributed by atoms with van der Waals surface area (Å²) < 4.78 is 21.3. The molecule has 2 aromatic carbocycles. The van der Waals surface area contributed by atoms with Crippen LogP contribution in [0.2, 0.25) is 0 Å². The zero-order valence-electron chi connectivity index (χ0n) is 15.1. The van der Waals surface area contributed by atoms with Gasteiger partial charge in [-0.05, 0) is 42.5 Å². The van der Waals surface area contributed by atoms with Crippen molar-refractivity contribution in [1.82, 2.24) is 10.1 Å². The van der Waals surface area contributed by atoms with Crippen molar-refractivity contribution in [2.24, 2.45) is 0 Å². The van der Waals surface area contributed by atoms with Gasteiger partial charge in [0.05, 0.1) is 13.0 Å². The van der Waals surface area contributed by atoms with Crippen molar-refractivity contribution in [2.75, 3.05) is 25.3 Å². The standard InChI is InChI=1S/C20H17N3O5/c1-25-15-5-3-14(4-6-15)23-10-13(9-18(23)24)20-21-19(22-28-20)12-2-7-16-17(8-12)27-11-26-16/h2-8,13H,9-11H2,1H3/t13-/m0/s1. The molecule has 0 N–H and O–H groups in total. The van der Waals surface area contributed by atoms with Gasteiger partial charge in [-0.15, -0.1) is 0 Å². The number of ether oxygens (including phenoxy) is 3. The molecule has 8 nitrogen and oxygen atoms in total. The van der Waals surface area contributed by atoms with Crippen LogP contribution in [0.1, 0.15) is 18.2 Å². The van der Waals surface area contributed by atoms with Crippen molar-refractivity contribution in [3.05, 3.63) is 48.4 Å². The molecule has 2 aliphatic heterocycles. The highest BCUT2D eigenvalue weighted by molar-refractivity contribution is 5.96. The van der Waals surface area contributed by atoms with Gasteiger partial charge < -0.3 is 23.6 Å². The molecule has 0 unspecified atom stereocenters. The minimum Gasteiger partial charge on any atom is -0.497 e. The van der Waals surface area contributed by atoms with Gasteiger partial charge in [-0.3, -0.25) is 4.79 Å². The lowest BCUT2D eigenvalue weighted by Crippen LogP contribution is -2.24. The number of aromatic nitrogens is 2. The van der Waals surface area contributed by atoms with Crippen LogP contribution in [0.3, 0.4) is 0 Å². The summed E-state index contributed by atoms with van der Waals surface area (Å²) in [5.74, 6) is 2.90. The second kappa shape index (κ2) is 6.56. The lowest BCUT2D eigenvalue weighted by atomic mass is 10.1. The fourth-order valence-corrected chi connectivity index (χ4v) is 3.44. The largest absolute Gasteiger partial charge is 0.497 e. The number of fused-ring (bicyclic) bond motifs is 1. The Hall–Kier alpha value is -3.55. The Morgan fingerprint density at radius 1 is 1.11 bits per heavy atom. The first-order valence-corrected chi connectivity index (χ1v) is 8.89. The van der Waals surface area contributed by atoms with Crippen molar-refractivity contribution >= 4 is 11.6 Å². The third-order valence-electron chi connectivity index (χ3n) is 4.93. The van der Waals surface area contributed by atoms with Gasteiger partial charge in [-0.25, -0.2) is 0 Å². The smallest absolute Gasteiger partial charge is 0.232 e. The maximum absolute atomic E-state index is 12.5. The minimum atomic E-state index is -0.148. The highest BCUT2D eigenvalue weighted by atomic mass is 16.7. The second-order valence-electron chi connectivity index (χ2n) is 6.63. The summed E-state index contributed by atoms with van der Waals surface area (Å²) in [6, 6.07) is 12.9. The zero-order chi connectivity index (χ0) is 19.1. The molecule has 142 valence electrons. The Labute approximate surface area is 160 Å². The number of benzene rings is 2. The Morgan fingerprint density at radius 3 is 2.75 bits per heavy atom. The molecule has 3 heterocycles. The van der Waals surface area contributed by atoms with Crippen LogP contribution in [0.5, 0.6) is 17.2 Å². The van der Waals surface area contributed by atoms with Gasteiger partial charge in [0.15, 0.2) is 11.5 Å². The van der Waals surface area contributed by atoms with E-state index in [1.165, 1.54) is 0 Å². The van der Waals surface area contributed by atoms with Gasteiger partial charge >= 0.3 is 0 Å². The quantitative estimate of drug-likeness (QED) is 0.689. The van der Waals surface area contributed by atoms with E-state index in [0.29, 0.717) is 36.2 Å². The number of hydrogen-bond acceptors (Lipinski definition) is 7. The van der Waals surface area contributed by atoms with Crippen molar-refractivity contribution in [3.63, 3.8) is 0 Å². The van der Waals surface area contributed by atoms with Gasteiger partial charge in [0.1, 0.15) is 5.75 Å². The third kappa shape index (κ3) is 2.83. The summed E-state index contributed by atoms with van der Waals surface area (Å²) in [6.07, 6.45) is 0.328. The first-order chi connectivity index (χ1) is 13.7. The summed E-state index contributed by atoms with van der Waals surface area (Å²) in [6.45, 7) is 0.704. The van der Waals surface area contributed by atoms with E-state index in [4.69, 9.17) is 18.7 Å². The third-order valence-corrected chi connectivity index (χ3v) is 4.93. The minimum absolute atomic E-state index is 0.0259. The molecule has 1 amide bonds. The number of methoxy groups -OCH3 is 1. The average Bonchev–Trinajstić information content (AvgIpc) is 3.46. The van der Waals surface area contributed by atoms with Crippen molar-refractivity contribution in [3.8, 4) is 28.6 Å². The number of carbonyl (C=O) groups excluding carboxylic acids is 1. The summed E-state index contributed by atoms with van der Waals surface area (Å²) in [7, 11) is 1.61. The Balaban J connectivity index is 1.35. The van der Waals surface area contributed by atoms with Crippen LogP contribution in [-0.4, -0.2) is 36.5 Å². The molecule has 8 heteroatoms. The molecule has 0 spiro atoms. The Morgan fingerprint density at radius 2 is 1.93 bits per heavy atom. The molecule has 5 rings (SSSR count).